The molecule has 5 heteroatoms. The third-order valence-corrected chi connectivity index (χ3v) is 1.87. The van der Waals surface area contributed by atoms with Crippen molar-refractivity contribution in [2.24, 2.45) is 0 Å². The van der Waals surface area contributed by atoms with E-state index in [1.54, 1.807) is 24.3 Å². The second-order valence-corrected chi connectivity index (χ2v) is 3.34. The molecule has 1 rings (SSSR count). The van der Waals surface area contributed by atoms with Crippen molar-refractivity contribution in [3.63, 3.8) is 0 Å². The van der Waals surface area contributed by atoms with Crippen molar-refractivity contribution in [2.75, 3.05) is 18.5 Å². The van der Waals surface area contributed by atoms with Crippen molar-refractivity contribution >= 4 is 11.7 Å². The third kappa shape index (κ3) is 4.29. The highest BCUT2D eigenvalue weighted by Gasteiger charge is 2.02. The minimum Gasteiger partial charge on any atom is -0.427 e. The summed E-state index contributed by atoms with van der Waals surface area (Å²) in [5.41, 5.74) is 0.781. The summed E-state index contributed by atoms with van der Waals surface area (Å²) in [5.74, 6) is 0.108. The van der Waals surface area contributed by atoms with Gasteiger partial charge in [0.2, 0.25) is 0 Å². The van der Waals surface area contributed by atoms with E-state index in [4.69, 9.17) is 14.9 Å². The number of carbonyl (C=O) groups excluding carboxylic acids is 1. The molecular formula is C11H15NO4. The summed E-state index contributed by atoms with van der Waals surface area (Å²) >= 11 is 0. The number of aliphatic hydroxyl groups excluding tert-OH is 2. The SMILES string of the molecule is CC(=O)Oc1ccc(NC[C@@H](O)CO)cc1. The second-order valence-electron chi connectivity index (χ2n) is 3.34. The fourth-order valence-corrected chi connectivity index (χ4v) is 1.11. The molecule has 0 fully saturated rings. The van der Waals surface area contributed by atoms with Crippen LogP contribution in [0.1, 0.15) is 6.92 Å². The molecule has 0 bridgehead atoms. The molecule has 0 aliphatic heterocycles. The van der Waals surface area contributed by atoms with E-state index >= 15 is 0 Å². The molecule has 3 N–H and O–H groups in total. The first-order valence-electron chi connectivity index (χ1n) is 4.93. The predicted octanol–water partition coefficient (Wildman–Crippen LogP) is 0.377. The summed E-state index contributed by atoms with van der Waals surface area (Å²) in [4.78, 5) is 10.7. The van der Waals surface area contributed by atoms with Gasteiger partial charge in [-0.15, -0.1) is 0 Å². The summed E-state index contributed by atoms with van der Waals surface area (Å²) < 4.78 is 4.86. The molecule has 0 saturated heterocycles. The van der Waals surface area contributed by atoms with Crippen molar-refractivity contribution < 1.29 is 19.7 Å². The van der Waals surface area contributed by atoms with Gasteiger partial charge in [-0.2, -0.15) is 0 Å². The molecule has 0 saturated carbocycles. The van der Waals surface area contributed by atoms with Gasteiger partial charge in [0.15, 0.2) is 0 Å². The standard InChI is InChI=1S/C11H15NO4/c1-8(14)16-11-4-2-9(3-5-11)12-6-10(15)7-13/h2-5,10,12-13,15H,6-7H2,1H3/t10-/m1/s1. The highest BCUT2D eigenvalue weighted by Crippen LogP contribution is 2.15. The molecule has 0 aliphatic rings. The number of nitrogens with one attached hydrogen (secondary N) is 1. The molecule has 0 aromatic heterocycles. The van der Waals surface area contributed by atoms with Crippen LogP contribution in [0.4, 0.5) is 5.69 Å². The summed E-state index contributed by atoms with van der Waals surface area (Å²) in [6.07, 6.45) is -0.784. The molecule has 1 aromatic carbocycles. The molecule has 88 valence electrons. The Morgan fingerprint density at radius 3 is 2.56 bits per heavy atom. The molecule has 1 atom stereocenters. The number of carbonyl (C=O) groups is 1. The highest BCUT2D eigenvalue weighted by atomic mass is 16.5. The quantitative estimate of drug-likeness (QED) is 0.498. The smallest absolute Gasteiger partial charge is 0.308 e. The molecule has 1 aromatic rings. The lowest BCUT2D eigenvalue weighted by molar-refractivity contribution is -0.131. The predicted molar refractivity (Wildman–Crippen MR) is 59.3 cm³/mol. The normalized spacial score (nSPS) is 11.9. The van der Waals surface area contributed by atoms with Gasteiger partial charge in [0.05, 0.1) is 12.7 Å². The Bertz CT molecular complexity index is 336. The van der Waals surface area contributed by atoms with Crippen molar-refractivity contribution in [2.45, 2.75) is 13.0 Å². The lowest BCUT2D eigenvalue weighted by Gasteiger charge is -2.10. The maximum atomic E-state index is 10.7. The number of ether oxygens (including phenoxy) is 1. The van der Waals surface area contributed by atoms with E-state index in [1.165, 1.54) is 6.92 Å². The first-order valence-corrected chi connectivity index (χ1v) is 4.93. The van der Waals surface area contributed by atoms with E-state index in [9.17, 15) is 4.79 Å². The Morgan fingerprint density at radius 1 is 1.44 bits per heavy atom. The van der Waals surface area contributed by atoms with Gasteiger partial charge in [-0.25, -0.2) is 0 Å². The molecule has 0 amide bonds. The average molecular weight is 225 g/mol. The van der Waals surface area contributed by atoms with E-state index < -0.39 is 6.10 Å². The van der Waals surface area contributed by atoms with Crippen LogP contribution in [0.25, 0.3) is 0 Å². The van der Waals surface area contributed by atoms with Gasteiger partial charge in [-0.3, -0.25) is 4.79 Å². The maximum Gasteiger partial charge on any atom is 0.308 e. The zero-order chi connectivity index (χ0) is 12.0. The van der Waals surface area contributed by atoms with Crippen molar-refractivity contribution in [3.8, 4) is 5.75 Å². The fraction of sp³-hybridized carbons (Fsp3) is 0.364. The van der Waals surface area contributed by atoms with Gasteiger partial charge in [-0.05, 0) is 24.3 Å². The molecule has 0 heterocycles. The van der Waals surface area contributed by atoms with Crippen LogP contribution in [0.3, 0.4) is 0 Å². The summed E-state index contributed by atoms with van der Waals surface area (Å²) in [7, 11) is 0. The molecule has 0 unspecified atom stereocenters. The van der Waals surface area contributed by atoms with Gasteiger partial charge in [-0.1, -0.05) is 0 Å². The second kappa shape index (κ2) is 6.09. The van der Waals surface area contributed by atoms with Gasteiger partial charge < -0.3 is 20.3 Å². The minimum absolute atomic E-state index is 0.267. The van der Waals surface area contributed by atoms with E-state index in [0.29, 0.717) is 5.75 Å². The summed E-state index contributed by atoms with van der Waals surface area (Å²) in [6, 6.07) is 6.74. The zero-order valence-electron chi connectivity index (χ0n) is 9.01. The van der Waals surface area contributed by atoms with Gasteiger partial charge >= 0.3 is 5.97 Å². The summed E-state index contributed by atoms with van der Waals surface area (Å²) in [5, 5.41) is 20.6. The molecule has 0 spiro atoms. The third-order valence-electron chi connectivity index (χ3n) is 1.87. The van der Waals surface area contributed by atoms with Crippen LogP contribution in [-0.4, -0.2) is 35.4 Å². The van der Waals surface area contributed by atoms with Crippen LogP contribution in [0, 0.1) is 0 Å². The Kier molecular flexibility index (Phi) is 4.75. The fourth-order valence-electron chi connectivity index (χ4n) is 1.11. The molecule has 5 nitrogen and oxygen atoms in total. The largest absolute Gasteiger partial charge is 0.427 e. The maximum absolute atomic E-state index is 10.7. The molecule has 16 heavy (non-hydrogen) atoms. The highest BCUT2D eigenvalue weighted by molar-refractivity contribution is 5.69. The number of rotatable bonds is 5. The average Bonchev–Trinajstić information content (AvgIpc) is 2.27. The van der Waals surface area contributed by atoms with E-state index in [1.807, 2.05) is 0 Å². The van der Waals surface area contributed by atoms with Crippen LogP contribution in [0.2, 0.25) is 0 Å². The topological polar surface area (TPSA) is 78.8 Å². The minimum atomic E-state index is -0.784. The molecule has 0 radical (unpaired) electrons. The van der Waals surface area contributed by atoms with Crippen molar-refractivity contribution in [1.29, 1.82) is 0 Å². The van der Waals surface area contributed by atoms with Crippen LogP contribution in [-0.2, 0) is 4.79 Å². The van der Waals surface area contributed by atoms with Crippen molar-refractivity contribution in [3.05, 3.63) is 24.3 Å². The van der Waals surface area contributed by atoms with Crippen molar-refractivity contribution in [1.82, 2.24) is 0 Å². The molecular weight excluding hydrogens is 210 g/mol. The Hall–Kier alpha value is -1.59. The number of benzene rings is 1. The van der Waals surface area contributed by atoms with Gasteiger partial charge in [0, 0.05) is 19.2 Å². The molecule has 0 aliphatic carbocycles. The summed E-state index contributed by atoms with van der Waals surface area (Å²) in [6.45, 7) is 1.33. The Morgan fingerprint density at radius 2 is 2.06 bits per heavy atom. The monoisotopic (exact) mass is 225 g/mol. The van der Waals surface area contributed by atoms with E-state index in [-0.39, 0.29) is 19.1 Å². The number of anilines is 1. The number of hydrogen-bond donors (Lipinski definition) is 3. The van der Waals surface area contributed by atoms with Crippen LogP contribution >= 0.6 is 0 Å². The van der Waals surface area contributed by atoms with Crippen LogP contribution in [0.15, 0.2) is 24.3 Å². The zero-order valence-corrected chi connectivity index (χ0v) is 9.01. The van der Waals surface area contributed by atoms with E-state index in [0.717, 1.165) is 5.69 Å². The van der Waals surface area contributed by atoms with E-state index in [2.05, 4.69) is 5.32 Å². The first-order chi connectivity index (χ1) is 7.61. The number of aliphatic hydroxyl groups is 2. The Balaban J connectivity index is 2.48. The Labute approximate surface area is 93.7 Å². The van der Waals surface area contributed by atoms with Gasteiger partial charge in [0.1, 0.15) is 5.75 Å². The first kappa shape index (κ1) is 12.5. The number of esters is 1. The number of hydrogen-bond acceptors (Lipinski definition) is 5. The van der Waals surface area contributed by atoms with Gasteiger partial charge in [0.25, 0.3) is 0 Å². The lowest BCUT2D eigenvalue weighted by Crippen LogP contribution is -2.22. The van der Waals surface area contributed by atoms with Crippen LogP contribution in [0.5, 0.6) is 5.75 Å². The lowest BCUT2D eigenvalue weighted by atomic mass is 10.3. The van der Waals surface area contributed by atoms with Crippen LogP contribution < -0.4 is 10.1 Å².